The van der Waals surface area contributed by atoms with Gasteiger partial charge in [0.2, 0.25) is 0 Å². The van der Waals surface area contributed by atoms with Gasteiger partial charge in [-0.1, -0.05) is 26.0 Å². The van der Waals surface area contributed by atoms with E-state index in [0.717, 1.165) is 11.1 Å². The number of nitrogens with zero attached hydrogens (tertiary/aromatic N) is 3. The molecule has 0 saturated heterocycles. The summed E-state index contributed by atoms with van der Waals surface area (Å²) in [5, 5.41) is 18.0. The number of amides is 1. The molecule has 3 rings (SSSR count). The minimum atomic E-state index is -0.463. The number of hydrogen-bond acceptors (Lipinski definition) is 5. The van der Waals surface area contributed by atoms with E-state index in [1.165, 1.54) is 16.8 Å². The van der Waals surface area contributed by atoms with Crippen LogP contribution in [-0.2, 0) is 4.79 Å². The highest BCUT2D eigenvalue weighted by molar-refractivity contribution is 5.91. The predicted octanol–water partition coefficient (Wildman–Crippen LogP) is 4.54. The molecule has 0 atom stereocenters. The molecule has 156 valence electrons. The maximum Gasteiger partial charge on any atom is 0.269 e. The Hall–Kier alpha value is -3.68. The Kier molecular flexibility index (Phi) is 6.15. The fourth-order valence-corrected chi connectivity index (χ4v) is 3.07. The molecule has 0 aliphatic rings. The van der Waals surface area contributed by atoms with Crippen LogP contribution in [0.4, 0.5) is 11.5 Å². The van der Waals surface area contributed by atoms with Gasteiger partial charge in [0, 0.05) is 18.2 Å². The molecule has 3 aromatic rings. The Labute approximate surface area is 174 Å². The van der Waals surface area contributed by atoms with Gasteiger partial charge >= 0.3 is 0 Å². The lowest BCUT2D eigenvalue weighted by molar-refractivity contribution is -0.384. The second-order valence-corrected chi connectivity index (χ2v) is 7.39. The average Bonchev–Trinajstić information content (AvgIpc) is 3.06. The van der Waals surface area contributed by atoms with Crippen LogP contribution < -0.4 is 10.1 Å². The summed E-state index contributed by atoms with van der Waals surface area (Å²) in [6.45, 7) is 7.78. The predicted molar refractivity (Wildman–Crippen MR) is 114 cm³/mol. The Morgan fingerprint density at radius 3 is 2.50 bits per heavy atom. The van der Waals surface area contributed by atoms with Crippen LogP contribution in [0.2, 0.25) is 0 Å². The Balaban J connectivity index is 1.74. The van der Waals surface area contributed by atoms with Crippen LogP contribution >= 0.6 is 0 Å². The van der Waals surface area contributed by atoms with E-state index in [4.69, 9.17) is 4.74 Å². The van der Waals surface area contributed by atoms with E-state index in [1.807, 2.05) is 25.1 Å². The van der Waals surface area contributed by atoms with Gasteiger partial charge in [-0.15, -0.1) is 0 Å². The molecule has 0 fully saturated rings. The van der Waals surface area contributed by atoms with Crippen molar-refractivity contribution in [1.29, 1.82) is 0 Å². The van der Waals surface area contributed by atoms with Gasteiger partial charge in [-0.2, -0.15) is 5.10 Å². The zero-order valence-electron chi connectivity index (χ0n) is 17.4. The van der Waals surface area contributed by atoms with Gasteiger partial charge in [-0.3, -0.25) is 14.9 Å². The summed E-state index contributed by atoms with van der Waals surface area (Å²) < 4.78 is 7.32. The van der Waals surface area contributed by atoms with E-state index >= 15 is 0 Å². The third-order valence-electron chi connectivity index (χ3n) is 4.55. The van der Waals surface area contributed by atoms with Crippen molar-refractivity contribution >= 4 is 17.4 Å². The molecule has 1 N–H and O–H groups in total. The minimum Gasteiger partial charge on any atom is -0.483 e. The quantitative estimate of drug-likeness (QED) is 0.457. The van der Waals surface area contributed by atoms with Crippen molar-refractivity contribution in [2.45, 2.75) is 33.6 Å². The first-order valence-corrected chi connectivity index (χ1v) is 9.59. The fourth-order valence-electron chi connectivity index (χ4n) is 3.07. The molecular formula is C22H24N4O4. The maximum absolute atomic E-state index is 12.5. The summed E-state index contributed by atoms with van der Waals surface area (Å²) in [4.78, 5) is 22.9. The van der Waals surface area contributed by atoms with Crippen molar-refractivity contribution < 1.29 is 14.5 Å². The highest BCUT2D eigenvalue weighted by Gasteiger charge is 2.14. The van der Waals surface area contributed by atoms with Crippen molar-refractivity contribution in [2.75, 3.05) is 11.9 Å². The number of nitro benzene ring substituents is 1. The van der Waals surface area contributed by atoms with Crippen molar-refractivity contribution in [2.24, 2.45) is 0 Å². The van der Waals surface area contributed by atoms with E-state index in [2.05, 4.69) is 24.3 Å². The molecule has 2 aromatic carbocycles. The third-order valence-corrected chi connectivity index (χ3v) is 4.55. The topological polar surface area (TPSA) is 99.3 Å². The SMILES string of the molecule is Cc1ccc(C(C)C)c(OCC(=O)Nc2cc(C)nn2-c2ccc([N+](=O)[O-])cc2)c1. The number of nitro groups is 1. The van der Waals surface area contributed by atoms with Crippen LogP contribution in [0.1, 0.15) is 36.6 Å². The maximum atomic E-state index is 12.5. The van der Waals surface area contributed by atoms with E-state index in [0.29, 0.717) is 22.9 Å². The van der Waals surface area contributed by atoms with Gasteiger partial charge in [0.1, 0.15) is 11.6 Å². The molecule has 1 amide bonds. The molecule has 0 aliphatic carbocycles. The molecule has 0 bridgehead atoms. The molecule has 8 nitrogen and oxygen atoms in total. The number of ether oxygens (including phenoxy) is 1. The van der Waals surface area contributed by atoms with E-state index < -0.39 is 4.92 Å². The van der Waals surface area contributed by atoms with Gasteiger partial charge in [0.25, 0.3) is 11.6 Å². The summed E-state index contributed by atoms with van der Waals surface area (Å²) >= 11 is 0. The molecule has 1 heterocycles. The number of carbonyl (C=O) groups excluding carboxylic acids is 1. The molecule has 0 aliphatic heterocycles. The highest BCUT2D eigenvalue weighted by Crippen LogP contribution is 2.27. The lowest BCUT2D eigenvalue weighted by atomic mass is 10.0. The minimum absolute atomic E-state index is 0.0132. The molecule has 0 unspecified atom stereocenters. The number of aromatic nitrogens is 2. The summed E-state index contributed by atoms with van der Waals surface area (Å²) in [5.74, 6) is 1.10. The number of nitrogens with one attached hydrogen (secondary N) is 1. The molecule has 0 spiro atoms. The number of benzene rings is 2. The molecule has 30 heavy (non-hydrogen) atoms. The van der Waals surface area contributed by atoms with Crippen LogP contribution in [0.15, 0.2) is 48.5 Å². The Bertz CT molecular complexity index is 1070. The second kappa shape index (κ2) is 8.77. The zero-order chi connectivity index (χ0) is 21.8. The first-order valence-electron chi connectivity index (χ1n) is 9.59. The number of non-ortho nitro benzene ring substituents is 1. The molecule has 0 saturated carbocycles. The summed E-state index contributed by atoms with van der Waals surface area (Å²) in [6, 6.07) is 13.6. The Morgan fingerprint density at radius 1 is 1.17 bits per heavy atom. The summed E-state index contributed by atoms with van der Waals surface area (Å²) in [5.41, 5.74) is 3.39. The normalized spacial score (nSPS) is 10.8. The van der Waals surface area contributed by atoms with Crippen LogP contribution in [0.3, 0.4) is 0 Å². The van der Waals surface area contributed by atoms with Gasteiger partial charge in [-0.25, -0.2) is 4.68 Å². The van der Waals surface area contributed by atoms with Crippen LogP contribution in [-0.4, -0.2) is 27.2 Å². The fraction of sp³-hybridized carbons (Fsp3) is 0.273. The van der Waals surface area contributed by atoms with E-state index in [-0.39, 0.29) is 24.1 Å². The van der Waals surface area contributed by atoms with Crippen molar-refractivity contribution in [3.8, 4) is 11.4 Å². The molecular weight excluding hydrogens is 384 g/mol. The molecule has 1 aromatic heterocycles. The lowest BCUT2D eigenvalue weighted by Gasteiger charge is -2.15. The number of carbonyl (C=O) groups is 1. The second-order valence-electron chi connectivity index (χ2n) is 7.39. The van der Waals surface area contributed by atoms with Crippen molar-refractivity contribution in [1.82, 2.24) is 9.78 Å². The van der Waals surface area contributed by atoms with Gasteiger partial charge in [-0.05, 0) is 49.1 Å². The average molecular weight is 408 g/mol. The Morgan fingerprint density at radius 2 is 1.87 bits per heavy atom. The lowest BCUT2D eigenvalue weighted by Crippen LogP contribution is -2.22. The smallest absolute Gasteiger partial charge is 0.269 e. The van der Waals surface area contributed by atoms with Crippen LogP contribution in [0.25, 0.3) is 5.69 Å². The van der Waals surface area contributed by atoms with Crippen molar-refractivity contribution in [3.05, 3.63) is 75.5 Å². The molecule has 8 heteroatoms. The number of aryl methyl sites for hydroxylation is 2. The largest absolute Gasteiger partial charge is 0.483 e. The zero-order valence-corrected chi connectivity index (χ0v) is 17.4. The number of rotatable bonds is 7. The number of hydrogen-bond donors (Lipinski definition) is 1. The standard InChI is InChI=1S/C22H24N4O4/c1-14(2)19-10-5-15(3)11-20(19)30-13-22(27)23-21-12-16(4)24-25(21)17-6-8-18(9-7-17)26(28)29/h5-12,14H,13H2,1-4H3,(H,23,27). The first kappa shape index (κ1) is 21.0. The molecule has 0 radical (unpaired) electrons. The van der Waals surface area contributed by atoms with Crippen LogP contribution in [0, 0.1) is 24.0 Å². The number of anilines is 1. The van der Waals surface area contributed by atoms with Crippen LogP contribution in [0.5, 0.6) is 5.75 Å². The first-order chi connectivity index (χ1) is 14.2. The van der Waals surface area contributed by atoms with Gasteiger partial charge in [0.05, 0.1) is 16.3 Å². The van der Waals surface area contributed by atoms with E-state index in [9.17, 15) is 14.9 Å². The monoisotopic (exact) mass is 408 g/mol. The van der Waals surface area contributed by atoms with Gasteiger partial charge in [0.15, 0.2) is 6.61 Å². The summed E-state index contributed by atoms with van der Waals surface area (Å²) in [7, 11) is 0. The van der Waals surface area contributed by atoms with Gasteiger partial charge < -0.3 is 10.1 Å². The third kappa shape index (κ3) is 4.83. The highest BCUT2D eigenvalue weighted by atomic mass is 16.6. The van der Waals surface area contributed by atoms with Crippen molar-refractivity contribution in [3.63, 3.8) is 0 Å². The summed E-state index contributed by atoms with van der Waals surface area (Å²) in [6.07, 6.45) is 0. The van der Waals surface area contributed by atoms with E-state index in [1.54, 1.807) is 25.1 Å².